The fourth-order valence-corrected chi connectivity index (χ4v) is 2.60. The SMILES string of the molecule is CCc1ccc(CN2CCN(C(C)C(=O)O)CC2)cc1. The van der Waals surface area contributed by atoms with E-state index in [-0.39, 0.29) is 6.04 Å². The van der Waals surface area contributed by atoms with Gasteiger partial charge in [-0.1, -0.05) is 31.2 Å². The highest BCUT2D eigenvalue weighted by Crippen LogP contribution is 2.12. The Balaban J connectivity index is 1.83. The zero-order valence-electron chi connectivity index (χ0n) is 12.4. The normalized spacial score (nSPS) is 18.9. The molecule has 0 aliphatic carbocycles. The molecule has 4 heteroatoms. The largest absolute Gasteiger partial charge is 0.480 e. The van der Waals surface area contributed by atoms with Crippen LogP contribution in [0.15, 0.2) is 24.3 Å². The Labute approximate surface area is 121 Å². The van der Waals surface area contributed by atoms with E-state index in [1.165, 1.54) is 11.1 Å². The van der Waals surface area contributed by atoms with E-state index in [2.05, 4.69) is 36.1 Å². The minimum atomic E-state index is -0.728. The lowest BCUT2D eigenvalue weighted by Crippen LogP contribution is -2.51. The Morgan fingerprint density at radius 1 is 1.15 bits per heavy atom. The third-order valence-corrected chi connectivity index (χ3v) is 4.15. The van der Waals surface area contributed by atoms with Crippen molar-refractivity contribution in [3.8, 4) is 0 Å². The van der Waals surface area contributed by atoms with Crippen LogP contribution in [-0.4, -0.2) is 53.1 Å². The topological polar surface area (TPSA) is 43.8 Å². The van der Waals surface area contributed by atoms with Crippen molar-refractivity contribution >= 4 is 5.97 Å². The zero-order valence-corrected chi connectivity index (χ0v) is 12.4. The second kappa shape index (κ2) is 6.86. The zero-order chi connectivity index (χ0) is 14.5. The van der Waals surface area contributed by atoms with Crippen LogP contribution in [0.3, 0.4) is 0 Å². The van der Waals surface area contributed by atoms with Crippen LogP contribution in [0.25, 0.3) is 0 Å². The number of nitrogens with zero attached hydrogens (tertiary/aromatic N) is 2. The molecule has 1 fully saturated rings. The Morgan fingerprint density at radius 3 is 2.20 bits per heavy atom. The van der Waals surface area contributed by atoms with Gasteiger partial charge in [-0.2, -0.15) is 0 Å². The Kier molecular flexibility index (Phi) is 5.15. The molecule has 2 rings (SSSR count). The molecule has 1 saturated heterocycles. The average molecular weight is 276 g/mol. The summed E-state index contributed by atoms with van der Waals surface area (Å²) in [6, 6.07) is 8.41. The van der Waals surface area contributed by atoms with Gasteiger partial charge < -0.3 is 5.11 Å². The van der Waals surface area contributed by atoms with Crippen molar-refractivity contribution in [1.82, 2.24) is 9.80 Å². The Morgan fingerprint density at radius 2 is 1.70 bits per heavy atom. The highest BCUT2D eigenvalue weighted by Gasteiger charge is 2.24. The number of hydrogen-bond donors (Lipinski definition) is 1. The number of aryl methyl sites for hydroxylation is 1. The molecule has 0 spiro atoms. The summed E-state index contributed by atoms with van der Waals surface area (Å²) in [5, 5.41) is 9.03. The third kappa shape index (κ3) is 3.81. The van der Waals surface area contributed by atoms with Crippen LogP contribution < -0.4 is 0 Å². The Hall–Kier alpha value is -1.39. The summed E-state index contributed by atoms with van der Waals surface area (Å²) in [5.74, 6) is -0.728. The van der Waals surface area contributed by atoms with Crippen molar-refractivity contribution in [2.75, 3.05) is 26.2 Å². The number of hydrogen-bond acceptors (Lipinski definition) is 3. The van der Waals surface area contributed by atoms with Gasteiger partial charge in [0.1, 0.15) is 6.04 Å². The summed E-state index contributed by atoms with van der Waals surface area (Å²) < 4.78 is 0. The van der Waals surface area contributed by atoms with Crippen molar-refractivity contribution < 1.29 is 9.90 Å². The molecule has 20 heavy (non-hydrogen) atoms. The van der Waals surface area contributed by atoms with Gasteiger partial charge in [0.05, 0.1) is 0 Å². The predicted molar refractivity (Wildman–Crippen MR) is 79.8 cm³/mol. The minimum absolute atomic E-state index is 0.374. The maximum absolute atomic E-state index is 11.0. The number of benzene rings is 1. The van der Waals surface area contributed by atoms with Crippen LogP contribution in [0.1, 0.15) is 25.0 Å². The molecular formula is C16H24N2O2. The highest BCUT2D eigenvalue weighted by molar-refractivity contribution is 5.72. The number of rotatable bonds is 5. The lowest BCUT2D eigenvalue weighted by molar-refractivity contribution is -0.143. The maximum Gasteiger partial charge on any atom is 0.320 e. The van der Waals surface area contributed by atoms with Gasteiger partial charge in [0, 0.05) is 32.7 Å². The van der Waals surface area contributed by atoms with Gasteiger partial charge in [0.25, 0.3) is 0 Å². The van der Waals surface area contributed by atoms with Gasteiger partial charge in [0.15, 0.2) is 0 Å². The summed E-state index contributed by atoms with van der Waals surface area (Å²) >= 11 is 0. The molecule has 1 aliphatic rings. The van der Waals surface area contributed by atoms with E-state index in [4.69, 9.17) is 5.11 Å². The molecule has 0 bridgehead atoms. The lowest BCUT2D eigenvalue weighted by atomic mass is 10.1. The quantitative estimate of drug-likeness (QED) is 0.891. The minimum Gasteiger partial charge on any atom is -0.480 e. The molecule has 0 saturated carbocycles. The molecule has 1 unspecified atom stereocenters. The second-order valence-electron chi connectivity index (χ2n) is 5.50. The first-order chi connectivity index (χ1) is 9.60. The standard InChI is InChI=1S/C16H24N2O2/c1-3-14-4-6-15(7-5-14)12-17-8-10-18(11-9-17)13(2)16(19)20/h4-7,13H,3,8-12H2,1-2H3,(H,19,20). The summed E-state index contributed by atoms with van der Waals surface area (Å²) in [7, 11) is 0. The number of carboxylic acids is 1. The van der Waals surface area contributed by atoms with E-state index < -0.39 is 5.97 Å². The number of carboxylic acid groups (broad SMARTS) is 1. The number of aliphatic carboxylic acids is 1. The van der Waals surface area contributed by atoms with Crippen molar-refractivity contribution in [2.45, 2.75) is 32.9 Å². The first-order valence-electron chi connectivity index (χ1n) is 7.37. The molecule has 110 valence electrons. The van der Waals surface area contributed by atoms with Crippen molar-refractivity contribution in [1.29, 1.82) is 0 Å². The van der Waals surface area contributed by atoms with Crippen molar-refractivity contribution in [3.63, 3.8) is 0 Å². The average Bonchev–Trinajstić information content (AvgIpc) is 2.48. The lowest BCUT2D eigenvalue weighted by Gasteiger charge is -2.36. The first kappa shape index (κ1) is 15.0. The summed E-state index contributed by atoms with van der Waals surface area (Å²) in [6.07, 6.45) is 1.08. The van der Waals surface area contributed by atoms with E-state index in [1.54, 1.807) is 6.92 Å². The van der Waals surface area contributed by atoms with Crippen molar-refractivity contribution in [3.05, 3.63) is 35.4 Å². The fraction of sp³-hybridized carbons (Fsp3) is 0.562. The summed E-state index contributed by atoms with van der Waals surface area (Å²) in [5.41, 5.74) is 2.70. The molecule has 1 aliphatic heterocycles. The van der Waals surface area contributed by atoms with Gasteiger partial charge >= 0.3 is 5.97 Å². The van der Waals surface area contributed by atoms with E-state index in [0.29, 0.717) is 0 Å². The molecule has 0 radical (unpaired) electrons. The van der Waals surface area contributed by atoms with Gasteiger partial charge in [-0.15, -0.1) is 0 Å². The van der Waals surface area contributed by atoms with Crippen LogP contribution >= 0.6 is 0 Å². The van der Waals surface area contributed by atoms with E-state index in [9.17, 15) is 4.79 Å². The Bertz CT molecular complexity index is 436. The van der Waals surface area contributed by atoms with Gasteiger partial charge in [-0.3, -0.25) is 14.6 Å². The van der Waals surface area contributed by atoms with Gasteiger partial charge in [0.2, 0.25) is 0 Å². The molecule has 0 aromatic heterocycles. The molecule has 1 N–H and O–H groups in total. The summed E-state index contributed by atoms with van der Waals surface area (Å²) in [6.45, 7) is 8.43. The molecule has 0 amide bonds. The van der Waals surface area contributed by atoms with Crippen molar-refractivity contribution in [2.24, 2.45) is 0 Å². The number of piperazine rings is 1. The fourth-order valence-electron chi connectivity index (χ4n) is 2.60. The van der Waals surface area contributed by atoms with Gasteiger partial charge in [-0.05, 0) is 24.5 Å². The monoisotopic (exact) mass is 276 g/mol. The van der Waals surface area contributed by atoms with Gasteiger partial charge in [-0.25, -0.2) is 0 Å². The van der Waals surface area contributed by atoms with Crippen LogP contribution in [0.4, 0.5) is 0 Å². The molecule has 1 aromatic rings. The molecule has 1 aromatic carbocycles. The maximum atomic E-state index is 11.0. The van der Waals surface area contributed by atoms with E-state index in [0.717, 1.165) is 39.1 Å². The van der Waals surface area contributed by atoms with Crippen LogP contribution in [0.5, 0.6) is 0 Å². The third-order valence-electron chi connectivity index (χ3n) is 4.15. The summed E-state index contributed by atoms with van der Waals surface area (Å²) in [4.78, 5) is 15.4. The number of carbonyl (C=O) groups is 1. The molecule has 4 nitrogen and oxygen atoms in total. The second-order valence-corrected chi connectivity index (χ2v) is 5.50. The molecule has 1 heterocycles. The smallest absolute Gasteiger partial charge is 0.320 e. The predicted octanol–water partition coefficient (Wildman–Crippen LogP) is 1.84. The molecule has 1 atom stereocenters. The molecular weight excluding hydrogens is 252 g/mol. The van der Waals surface area contributed by atoms with E-state index >= 15 is 0 Å². The van der Waals surface area contributed by atoms with Crippen LogP contribution in [0, 0.1) is 0 Å². The first-order valence-corrected chi connectivity index (χ1v) is 7.37. The highest BCUT2D eigenvalue weighted by atomic mass is 16.4. The van der Waals surface area contributed by atoms with Crippen LogP contribution in [0.2, 0.25) is 0 Å². The van der Waals surface area contributed by atoms with E-state index in [1.807, 2.05) is 4.90 Å². The van der Waals surface area contributed by atoms with Crippen LogP contribution in [-0.2, 0) is 17.8 Å².